The fourth-order valence-corrected chi connectivity index (χ4v) is 3.93. The minimum absolute atomic E-state index is 0.113. The Morgan fingerprint density at radius 3 is 2.25 bits per heavy atom. The van der Waals surface area contributed by atoms with Crippen LogP contribution >= 0.6 is 23.5 Å². The molecule has 0 amide bonds. The summed E-state index contributed by atoms with van der Waals surface area (Å²) in [4.78, 5) is 12.5. The summed E-state index contributed by atoms with van der Waals surface area (Å²) < 4.78 is 22.9. The van der Waals surface area contributed by atoms with E-state index in [9.17, 15) is 9.36 Å². The third kappa shape index (κ3) is 5.12. The van der Waals surface area contributed by atoms with Crippen LogP contribution in [0, 0.1) is 0 Å². The molecule has 0 fully saturated rings. The lowest BCUT2D eigenvalue weighted by Crippen LogP contribution is -2.13. The van der Waals surface area contributed by atoms with Gasteiger partial charge in [-0.2, -0.15) is 0 Å². The Hall–Kier alpha value is -1.26. The predicted octanol–water partition coefficient (Wildman–Crippen LogP) is 5.03. The van der Waals surface area contributed by atoms with E-state index < -0.39 is 7.60 Å². The van der Waals surface area contributed by atoms with Gasteiger partial charge < -0.3 is 9.05 Å². The van der Waals surface area contributed by atoms with Crippen LogP contribution in [0.15, 0.2) is 59.1 Å². The van der Waals surface area contributed by atoms with E-state index in [4.69, 9.17) is 9.05 Å². The Bertz CT molecular complexity index is 725. The van der Waals surface area contributed by atoms with Gasteiger partial charge in [0.05, 0.1) is 0 Å². The van der Waals surface area contributed by atoms with Crippen molar-refractivity contribution in [2.24, 2.45) is 0 Å². The third-order valence-electron chi connectivity index (χ3n) is 3.81. The maximum Gasteiger partial charge on any atom is 0.337 e. The summed E-state index contributed by atoms with van der Waals surface area (Å²) in [7, 11) is -0.761. The van der Waals surface area contributed by atoms with Gasteiger partial charge in [-0.25, -0.2) is 0 Å². The fourth-order valence-electron chi connectivity index (χ4n) is 2.55. The molecule has 0 spiro atoms. The van der Waals surface area contributed by atoms with Gasteiger partial charge in [-0.3, -0.25) is 9.36 Å². The zero-order valence-electron chi connectivity index (χ0n) is 13.6. The first-order valence-corrected chi connectivity index (χ1v) is 10.0. The molecule has 0 unspecified atom stereocenters. The highest BCUT2D eigenvalue weighted by molar-refractivity contribution is 9.10. The minimum Gasteiger partial charge on any atom is -0.312 e. The summed E-state index contributed by atoms with van der Waals surface area (Å²) in [5.74, 6) is -0.269. The molecule has 0 saturated heterocycles. The van der Waals surface area contributed by atoms with Crippen LogP contribution in [0.25, 0.3) is 0 Å². The van der Waals surface area contributed by atoms with Gasteiger partial charge in [0.25, 0.3) is 0 Å². The van der Waals surface area contributed by atoms with Crippen LogP contribution in [-0.2, 0) is 18.4 Å². The van der Waals surface area contributed by atoms with Crippen molar-refractivity contribution in [1.29, 1.82) is 0 Å². The SMILES string of the molecule is COP(=O)(CC(=O)C[C@H](c1ccccc1)c1cccc(Br)c1)OC. The van der Waals surface area contributed by atoms with Crippen molar-refractivity contribution in [3.05, 3.63) is 70.2 Å². The van der Waals surface area contributed by atoms with E-state index in [1.54, 1.807) is 0 Å². The van der Waals surface area contributed by atoms with Gasteiger partial charge in [0.1, 0.15) is 11.9 Å². The van der Waals surface area contributed by atoms with Crippen molar-refractivity contribution in [2.75, 3.05) is 20.4 Å². The first kappa shape index (κ1) is 19.1. The molecule has 128 valence electrons. The highest BCUT2D eigenvalue weighted by Crippen LogP contribution is 2.46. The Kier molecular flexibility index (Phi) is 6.93. The zero-order valence-corrected chi connectivity index (χ0v) is 16.1. The molecule has 2 rings (SSSR count). The number of halogens is 1. The molecule has 0 aromatic heterocycles. The molecule has 0 N–H and O–H groups in total. The Balaban J connectivity index is 2.27. The lowest BCUT2D eigenvalue weighted by molar-refractivity contribution is -0.117. The standard InChI is InChI=1S/C18H20BrO4P/c1-22-24(21,23-2)13-17(20)12-18(14-7-4-3-5-8-14)15-9-6-10-16(19)11-15/h3-11,18H,12-13H2,1-2H3/t18-/m1/s1. The summed E-state index contributed by atoms with van der Waals surface area (Å²) in [6, 6.07) is 17.7. The molecule has 0 heterocycles. The number of hydrogen-bond acceptors (Lipinski definition) is 4. The molecular formula is C18H20BrO4P. The number of rotatable bonds is 8. The molecule has 0 aliphatic carbocycles. The Morgan fingerprint density at radius 1 is 1.04 bits per heavy atom. The molecule has 6 heteroatoms. The lowest BCUT2D eigenvalue weighted by atomic mass is 9.87. The summed E-state index contributed by atoms with van der Waals surface area (Å²) in [5.41, 5.74) is 2.06. The molecular weight excluding hydrogens is 391 g/mol. The smallest absolute Gasteiger partial charge is 0.312 e. The average Bonchev–Trinajstić information content (AvgIpc) is 2.60. The Labute approximate surface area is 150 Å². The molecule has 24 heavy (non-hydrogen) atoms. The highest BCUT2D eigenvalue weighted by Gasteiger charge is 2.28. The molecule has 0 radical (unpaired) electrons. The van der Waals surface area contributed by atoms with E-state index in [-0.39, 0.29) is 24.3 Å². The molecule has 0 aliphatic rings. The molecule has 1 atom stereocenters. The van der Waals surface area contributed by atoms with Gasteiger partial charge in [0, 0.05) is 31.0 Å². The van der Waals surface area contributed by atoms with Crippen LogP contribution in [0.1, 0.15) is 23.5 Å². The summed E-state index contributed by atoms with van der Waals surface area (Å²) >= 11 is 3.47. The van der Waals surface area contributed by atoms with Crippen molar-refractivity contribution in [3.8, 4) is 0 Å². The molecule has 0 bridgehead atoms. The van der Waals surface area contributed by atoms with Gasteiger partial charge in [-0.05, 0) is 23.3 Å². The summed E-state index contributed by atoms with van der Waals surface area (Å²) in [6.45, 7) is 0. The summed E-state index contributed by atoms with van der Waals surface area (Å²) in [5, 5.41) is 0. The minimum atomic E-state index is -3.34. The number of hydrogen-bond donors (Lipinski definition) is 0. The van der Waals surface area contributed by atoms with Crippen molar-refractivity contribution >= 4 is 29.3 Å². The van der Waals surface area contributed by atoms with Crippen LogP contribution in [0.3, 0.4) is 0 Å². The second-order valence-corrected chi connectivity index (χ2v) is 8.58. The van der Waals surface area contributed by atoms with Crippen LogP contribution in [-0.4, -0.2) is 26.2 Å². The number of carbonyl (C=O) groups is 1. The van der Waals surface area contributed by atoms with E-state index >= 15 is 0 Å². The maximum absolute atomic E-state index is 12.5. The fraction of sp³-hybridized carbons (Fsp3) is 0.278. The lowest BCUT2D eigenvalue weighted by Gasteiger charge is -2.19. The first-order valence-electron chi connectivity index (χ1n) is 7.50. The first-order chi connectivity index (χ1) is 11.5. The van der Waals surface area contributed by atoms with Crippen LogP contribution in [0.2, 0.25) is 0 Å². The van der Waals surface area contributed by atoms with Crippen molar-refractivity contribution < 1.29 is 18.4 Å². The number of Topliss-reactive ketones (excluding diaryl/α,β-unsaturated/α-hetero) is 1. The zero-order chi connectivity index (χ0) is 17.6. The van der Waals surface area contributed by atoms with E-state index in [2.05, 4.69) is 15.9 Å². The van der Waals surface area contributed by atoms with E-state index in [1.165, 1.54) is 14.2 Å². The van der Waals surface area contributed by atoms with Gasteiger partial charge >= 0.3 is 7.60 Å². The van der Waals surface area contributed by atoms with E-state index in [1.807, 2.05) is 54.6 Å². The number of benzene rings is 2. The average molecular weight is 411 g/mol. The van der Waals surface area contributed by atoms with Crippen molar-refractivity contribution in [3.63, 3.8) is 0 Å². The van der Waals surface area contributed by atoms with Crippen molar-refractivity contribution in [2.45, 2.75) is 12.3 Å². The monoisotopic (exact) mass is 410 g/mol. The molecule has 2 aromatic rings. The Morgan fingerprint density at radius 2 is 1.67 bits per heavy atom. The highest BCUT2D eigenvalue weighted by atomic mass is 79.9. The second-order valence-electron chi connectivity index (χ2n) is 5.40. The van der Waals surface area contributed by atoms with Gasteiger partial charge in [-0.15, -0.1) is 0 Å². The number of carbonyl (C=O) groups excluding carboxylic acids is 1. The topological polar surface area (TPSA) is 52.6 Å². The largest absolute Gasteiger partial charge is 0.337 e. The van der Waals surface area contributed by atoms with E-state index in [0.29, 0.717) is 0 Å². The number of ketones is 1. The van der Waals surface area contributed by atoms with Crippen molar-refractivity contribution in [1.82, 2.24) is 0 Å². The van der Waals surface area contributed by atoms with Gasteiger partial charge in [-0.1, -0.05) is 58.4 Å². The molecule has 0 saturated carbocycles. The maximum atomic E-state index is 12.5. The molecule has 0 aliphatic heterocycles. The quantitative estimate of drug-likeness (QED) is 0.572. The van der Waals surface area contributed by atoms with Crippen LogP contribution in [0.5, 0.6) is 0 Å². The predicted molar refractivity (Wildman–Crippen MR) is 98.5 cm³/mol. The van der Waals surface area contributed by atoms with E-state index in [0.717, 1.165) is 15.6 Å². The summed E-state index contributed by atoms with van der Waals surface area (Å²) in [6.07, 6.45) is 0.00845. The van der Waals surface area contributed by atoms with Crippen LogP contribution in [0.4, 0.5) is 0 Å². The second kappa shape index (κ2) is 8.72. The third-order valence-corrected chi connectivity index (χ3v) is 6.16. The van der Waals surface area contributed by atoms with Gasteiger partial charge in [0.15, 0.2) is 0 Å². The van der Waals surface area contributed by atoms with Gasteiger partial charge in [0.2, 0.25) is 0 Å². The molecule has 4 nitrogen and oxygen atoms in total. The van der Waals surface area contributed by atoms with Crippen LogP contribution < -0.4 is 0 Å². The normalized spacial score (nSPS) is 12.8. The molecule has 2 aromatic carbocycles.